The van der Waals surface area contributed by atoms with Crippen LogP contribution in [0, 0.1) is 0 Å². The van der Waals surface area contributed by atoms with Gasteiger partial charge in [0.2, 0.25) is 5.95 Å². The molecule has 2 aromatic carbocycles. The van der Waals surface area contributed by atoms with E-state index in [9.17, 15) is 4.79 Å². The van der Waals surface area contributed by atoms with E-state index in [1.807, 2.05) is 54.6 Å². The second-order valence-corrected chi connectivity index (χ2v) is 6.44. The first-order valence-electron chi connectivity index (χ1n) is 9.15. The highest BCUT2D eigenvalue weighted by atomic mass is 16.5. The predicted molar refractivity (Wildman–Crippen MR) is 109 cm³/mol. The number of nitrogens with one attached hydrogen (secondary N) is 1. The molecule has 1 aromatic heterocycles. The molecule has 0 saturated heterocycles. The Morgan fingerprint density at radius 1 is 1.07 bits per heavy atom. The lowest BCUT2D eigenvalue weighted by Crippen LogP contribution is -2.27. The van der Waals surface area contributed by atoms with Gasteiger partial charge in [-0.1, -0.05) is 42.5 Å². The smallest absolute Gasteiger partial charge is 0.272 e. The van der Waals surface area contributed by atoms with Gasteiger partial charge in [0.05, 0.1) is 7.11 Å². The number of nitrogens with zero attached hydrogens (tertiary/aromatic N) is 3. The third kappa shape index (κ3) is 5.30. The minimum atomic E-state index is -0.137. The molecule has 0 spiro atoms. The molecule has 3 aromatic rings. The topological polar surface area (TPSA) is 67.3 Å². The Balaban J connectivity index is 1.57. The number of ether oxygens (including phenoxy) is 1. The standard InChI is InChI=1S/C22H24N4O2/c1-26(16-18-7-4-3-5-8-18)21(27)20-12-14-24-22(25-20)23-13-11-17-9-6-10-19(15-17)28-2/h3-10,12,14-15H,11,13,16H2,1-2H3,(H,23,24,25). The number of benzene rings is 2. The summed E-state index contributed by atoms with van der Waals surface area (Å²) in [5.74, 6) is 1.15. The van der Waals surface area contributed by atoms with Gasteiger partial charge >= 0.3 is 0 Å². The zero-order valence-electron chi connectivity index (χ0n) is 16.1. The molecular formula is C22H24N4O2. The highest BCUT2D eigenvalue weighted by molar-refractivity contribution is 5.92. The van der Waals surface area contributed by atoms with Crippen molar-refractivity contribution in [2.45, 2.75) is 13.0 Å². The van der Waals surface area contributed by atoms with Gasteiger partial charge in [-0.05, 0) is 35.7 Å². The van der Waals surface area contributed by atoms with Crippen LogP contribution in [0.2, 0.25) is 0 Å². The fraction of sp³-hybridized carbons (Fsp3) is 0.227. The zero-order valence-corrected chi connectivity index (χ0v) is 16.1. The van der Waals surface area contributed by atoms with Crippen LogP contribution in [-0.4, -0.2) is 41.5 Å². The van der Waals surface area contributed by atoms with E-state index in [0.717, 1.165) is 23.3 Å². The number of carbonyl (C=O) groups is 1. The first-order chi connectivity index (χ1) is 13.7. The van der Waals surface area contributed by atoms with Crippen molar-refractivity contribution in [2.75, 3.05) is 26.0 Å². The minimum absolute atomic E-state index is 0.137. The maximum Gasteiger partial charge on any atom is 0.272 e. The van der Waals surface area contributed by atoms with Crippen molar-refractivity contribution < 1.29 is 9.53 Å². The third-order valence-corrected chi connectivity index (χ3v) is 4.31. The second kappa shape index (κ2) is 9.50. The lowest BCUT2D eigenvalue weighted by molar-refractivity contribution is 0.0779. The van der Waals surface area contributed by atoms with Crippen LogP contribution in [-0.2, 0) is 13.0 Å². The largest absolute Gasteiger partial charge is 0.497 e. The summed E-state index contributed by atoms with van der Waals surface area (Å²) >= 11 is 0. The fourth-order valence-electron chi connectivity index (χ4n) is 2.83. The predicted octanol–water partition coefficient (Wildman–Crippen LogP) is 3.41. The lowest BCUT2D eigenvalue weighted by atomic mass is 10.1. The SMILES string of the molecule is COc1cccc(CCNc2nccc(C(=O)N(C)Cc3ccccc3)n2)c1. The Morgan fingerprint density at radius 3 is 2.64 bits per heavy atom. The minimum Gasteiger partial charge on any atom is -0.497 e. The van der Waals surface area contributed by atoms with Crippen molar-refractivity contribution in [1.82, 2.24) is 14.9 Å². The first-order valence-corrected chi connectivity index (χ1v) is 9.15. The van der Waals surface area contributed by atoms with Gasteiger partial charge in [0.1, 0.15) is 11.4 Å². The van der Waals surface area contributed by atoms with Crippen molar-refractivity contribution in [1.29, 1.82) is 0 Å². The zero-order chi connectivity index (χ0) is 19.8. The molecule has 6 nitrogen and oxygen atoms in total. The summed E-state index contributed by atoms with van der Waals surface area (Å²) in [6.45, 7) is 1.19. The van der Waals surface area contributed by atoms with Gasteiger partial charge in [-0.3, -0.25) is 4.79 Å². The fourth-order valence-corrected chi connectivity index (χ4v) is 2.83. The van der Waals surface area contributed by atoms with Gasteiger partial charge in [-0.25, -0.2) is 9.97 Å². The molecule has 0 radical (unpaired) electrons. The van der Waals surface area contributed by atoms with Crippen LogP contribution < -0.4 is 10.1 Å². The van der Waals surface area contributed by atoms with Crippen LogP contribution in [0.3, 0.4) is 0 Å². The maximum atomic E-state index is 12.7. The number of rotatable bonds is 8. The average Bonchev–Trinajstić information content (AvgIpc) is 2.74. The summed E-state index contributed by atoms with van der Waals surface area (Å²) in [5.41, 5.74) is 2.60. The van der Waals surface area contributed by atoms with Crippen molar-refractivity contribution in [3.05, 3.63) is 83.7 Å². The average molecular weight is 376 g/mol. The summed E-state index contributed by atoms with van der Waals surface area (Å²) in [6.07, 6.45) is 2.40. The van der Waals surface area contributed by atoms with Crippen LogP contribution in [0.4, 0.5) is 5.95 Å². The highest BCUT2D eigenvalue weighted by Crippen LogP contribution is 2.13. The van der Waals surface area contributed by atoms with Crippen molar-refractivity contribution >= 4 is 11.9 Å². The number of carbonyl (C=O) groups excluding carboxylic acids is 1. The lowest BCUT2D eigenvalue weighted by Gasteiger charge is -2.17. The van der Waals surface area contributed by atoms with Gasteiger partial charge in [0.25, 0.3) is 5.91 Å². The van der Waals surface area contributed by atoms with E-state index in [2.05, 4.69) is 15.3 Å². The Kier molecular flexibility index (Phi) is 6.57. The molecule has 1 amide bonds. The van der Waals surface area contributed by atoms with E-state index >= 15 is 0 Å². The van der Waals surface area contributed by atoms with Crippen molar-refractivity contribution in [2.24, 2.45) is 0 Å². The molecule has 0 aliphatic heterocycles. The van der Waals surface area contributed by atoms with Crippen LogP contribution in [0.1, 0.15) is 21.6 Å². The summed E-state index contributed by atoms with van der Waals surface area (Å²) in [7, 11) is 3.43. The number of anilines is 1. The molecule has 0 aliphatic rings. The number of hydrogen-bond donors (Lipinski definition) is 1. The molecule has 0 saturated carbocycles. The van der Waals surface area contributed by atoms with Crippen LogP contribution in [0.25, 0.3) is 0 Å². The summed E-state index contributed by atoms with van der Waals surface area (Å²) < 4.78 is 5.24. The van der Waals surface area contributed by atoms with Crippen LogP contribution >= 0.6 is 0 Å². The van der Waals surface area contributed by atoms with E-state index in [-0.39, 0.29) is 5.91 Å². The molecule has 0 aliphatic carbocycles. The number of hydrogen-bond acceptors (Lipinski definition) is 5. The van der Waals surface area contributed by atoms with Crippen LogP contribution in [0.5, 0.6) is 5.75 Å². The highest BCUT2D eigenvalue weighted by Gasteiger charge is 2.14. The molecule has 1 heterocycles. The monoisotopic (exact) mass is 376 g/mol. The summed E-state index contributed by atoms with van der Waals surface area (Å²) in [4.78, 5) is 22.9. The number of aromatic nitrogens is 2. The van der Waals surface area contributed by atoms with E-state index in [4.69, 9.17) is 4.74 Å². The molecule has 28 heavy (non-hydrogen) atoms. The third-order valence-electron chi connectivity index (χ3n) is 4.31. The molecule has 3 rings (SSSR count). The van der Waals surface area contributed by atoms with E-state index in [1.54, 1.807) is 31.3 Å². The van der Waals surface area contributed by atoms with E-state index in [0.29, 0.717) is 24.7 Å². The molecule has 0 bridgehead atoms. The van der Waals surface area contributed by atoms with Crippen molar-refractivity contribution in [3.8, 4) is 5.75 Å². The number of methoxy groups -OCH3 is 1. The van der Waals surface area contributed by atoms with Crippen LogP contribution in [0.15, 0.2) is 66.9 Å². The number of amides is 1. The Bertz CT molecular complexity index is 915. The Hall–Kier alpha value is -3.41. The molecule has 0 atom stereocenters. The molecule has 0 fully saturated rings. The molecular weight excluding hydrogens is 352 g/mol. The van der Waals surface area contributed by atoms with Gasteiger partial charge < -0.3 is 15.0 Å². The van der Waals surface area contributed by atoms with Gasteiger partial charge in [-0.15, -0.1) is 0 Å². The molecule has 144 valence electrons. The summed E-state index contributed by atoms with van der Waals surface area (Å²) in [5, 5.41) is 3.18. The van der Waals surface area contributed by atoms with Gasteiger partial charge in [0, 0.05) is 26.3 Å². The molecule has 6 heteroatoms. The second-order valence-electron chi connectivity index (χ2n) is 6.44. The molecule has 0 unspecified atom stereocenters. The summed E-state index contributed by atoms with van der Waals surface area (Å²) in [6, 6.07) is 19.4. The van der Waals surface area contributed by atoms with Gasteiger partial charge in [0.15, 0.2) is 0 Å². The Morgan fingerprint density at radius 2 is 1.86 bits per heavy atom. The quantitative estimate of drug-likeness (QED) is 0.653. The van der Waals surface area contributed by atoms with Crippen molar-refractivity contribution in [3.63, 3.8) is 0 Å². The Labute approximate surface area is 165 Å². The van der Waals surface area contributed by atoms with E-state index < -0.39 is 0 Å². The van der Waals surface area contributed by atoms with E-state index in [1.165, 1.54) is 0 Å². The normalized spacial score (nSPS) is 10.4. The molecule has 1 N–H and O–H groups in total. The van der Waals surface area contributed by atoms with Gasteiger partial charge in [-0.2, -0.15) is 0 Å². The first kappa shape index (κ1) is 19.4. The maximum absolute atomic E-state index is 12.7.